The van der Waals surface area contributed by atoms with Crippen LogP contribution in [0.25, 0.3) is 0 Å². The molecule has 0 bridgehead atoms. The van der Waals surface area contributed by atoms with Crippen molar-refractivity contribution in [1.82, 2.24) is 9.97 Å². The van der Waals surface area contributed by atoms with Crippen LogP contribution in [0.4, 0.5) is 0 Å². The second kappa shape index (κ2) is 5.82. The zero-order chi connectivity index (χ0) is 10.2. The molecule has 0 saturated carbocycles. The van der Waals surface area contributed by atoms with Gasteiger partial charge in [-0.25, -0.2) is 4.79 Å². The summed E-state index contributed by atoms with van der Waals surface area (Å²) in [4.78, 5) is 17.6. The van der Waals surface area contributed by atoms with Gasteiger partial charge in [0.2, 0.25) is 0 Å². The Morgan fingerprint density at radius 3 is 2.21 bits per heavy atom. The lowest BCUT2D eigenvalue weighted by atomic mass is 10.3. The van der Waals surface area contributed by atoms with Crippen molar-refractivity contribution in [2.24, 2.45) is 0 Å². The summed E-state index contributed by atoms with van der Waals surface area (Å²) in [5.74, 6) is -0.919. The summed E-state index contributed by atoms with van der Waals surface area (Å²) < 4.78 is 0. The van der Waals surface area contributed by atoms with E-state index >= 15 is 0 Å². The number of carboxylic acid groups (broad SMARTS) is 1. The number of carbonyl (C=O) groups is 1. The summed E-state index contributed by atoms with van der Waals surface area (Å²) >= 11 is 1.60. The van der Waals surface area contributed by atoms with Crippen LogP contribution in [0.1, 0.15) is 10.4 Å². The third-order valence-corrected chi connectivity index (χ3v) is 1.80. The molecule has 0 amide bonds. The van der Waals surface area contributed by atoms with E-state index in [0.29, 0.717) is 0 Å². The molecule has 0 aliphatic carbocycles. The fourth-order valence-corrected chi connectivity index (χ4v) is 1.02. The van der Waals surface area contributed by atoms with Crippen molar-refractivity contribution < 1.29 is 9.90 Å². The molecule has 0 aromatic carbocycles. The number of hydrogen-bond acceptors (Lipinski definition) is 4. The van der Waals surface area contributed by atoms with Gasteiger partial charge in [-0.2, -0.15) is 0 Å². The van der Waals surface area contributed by atoms with Gasteiger partial charge in [0.1, 0.15) is 0 Å². The largest absolute Gasteiger partial charge is 0.478 e. The maximum atomic E-state index is 10.2. The summed E-state index contributed by atoms with van der Waals surface area (Å²) in [5, 5.41) is 10.3. The molecule has 72 valence electrons. The molecule has 0 fully saturated rings. The molecule has 0 spiro atoms. The molecule has 2 aromatic heterocycles. The zero-order valence-corrected chi connectivity index (χ0v) is 8.02. The van der Waals surface area contributed by atoms with Crippen LogP contribution in [0.2, 0.25) is 0 Å². The van der Waals surface area contributed by atoms with Crippen molar-refractivity contribution >= 4 is 17.3 Å². The topological polar surface area (TPSA) is 63.1 Å². The highest BCUT2D eigenvalue weighted by Gasteiger charge is 1.97. The molecular weight excluding hydrogens is 200 g/mol. The zero-order valence-electron chi connectivity index (χ0n) is 7.20. The minimum Gasteiger partial charge on any atom is -0.478 e. The number of aromatic nitrogens is 2. The van der Waals surface area contributed by atoms with E-state index in [-0.39, 0.29) is 5.56 Å². The fourth-order valence-electron chi connectivity index (χ4n) is 0.670. The normalized spacial score (nSPS) is 8.57. The molecule has 2 rings (SSSR count). The molecule has 2 heterocycles. The highest BCUT2D eigenvalue weighted by Crippen LogP contribution is 1.93. The highest BCUT2D eigenvalue weighted by atomic mass is 32.1. The van der Waals surface area contributed by atoms with E-state index in [2.05, 4.69) is 9.97 Å². The van der Waals surface area contributed by atoms with Crippen molar-refractivity contribution in [3.63, 3.8) is 0 Å². The first-order chi connectivity index (χ1) is 6.80. The quantitative estimate of drug-likeness (QED) is 0.777. The summed E-state index contributed by atoms with van der Waals surface area (Å²) in [6.07, 6.45) is 4.66. The number of nitrogens with zero attached hydrogens (tertiary/aromatic N) is 2. The average molecular weight is 208 g/mol. The van der Waals surface area contributed by atoms with Crippen molar-refractivity contribution in [1.29, 1.82) is 0 Å². The van der Waals surface area contributed by atoms with Gasteiger partial charge >= 0.3 is 5.97 Å². The number of hydrogen-bond donors (Lipinski definition) is 1. The van der Waals surface area contributed by atoms with Crippen LogP contribution in [0, 0.1) is 0 Å². The first-order valence-corrected chi connectivity index (χ1v) is 4.70. The molecule has 1 N–H and O–H groups in total. The number of pyridine rings is 1. The maximum Gasteiger partial charge on any atom is 0.335 e. The van der Waals surface area contributed by atoms with Gasteiger partial charge in [0.15, 0.2) is 0 Å². The van der Waals surface area contributed by atoms with Gasteiger partial charge in [-0.3, -0.25) is 9.97 Å². The predicted octanol–water partition coefficient (Wildman–Crippen LogP) is 1.92. The van der Waals surface area contributed by atoms with E-state index in [1.54, 1.807) is 23.0 Å². The highest BCUT2D eigenvalue weighted by molar-refractivity contribution is 7.07. The Hall–Kier alpha value is -1.75. The molecular formula is C9H8N2O2S. The van der Waals surface area contributed by atoms with Gasteiger partial charge in [-0.15, -0.1) is 11.3 Å². The third-order valence-electron chi connectivity index (χ3n) is 1.27. The van der Waals surface area contributed by atoms with E-state index in [0.717, 1.165) is 0 Å². The van der Waals surface area contributed by atoms with Gasteiger partial charge < -0.3 is 5.11 Å². The Kier molecular flexibility index (Phi) is 4.30. The van der Waals surface area contributed by atoms with Gasteiger partial charge in [0.05, 0.1) is 11.1 Å². The second-order valence-electron chi connectivity index (χ2n) is 2.22. The van der Waals surface area contributed by atoms with Gasteiger partial charge in [-0.1, -0.05) is 0 Å². The molecule has 4 nitrogen and oxygen atoms in total. The molecule has 0 aliphatic rings. The van der Waals surface area contributed by atoms with Crippen LogP contribution in [0.5, 0.6) is 0 Å². The SMILES string of the molecule is O=C(O)c1ccncc1.c1cscn1. The average Bonchev–Trinajstić information content (AvgIpc) is 2.77. The van der Waals surface area contributed by atoms with Crippen LogP contribution in [-0.4, -0.2) is 21.0 Å². The Bertz CT molecular complexity index is 344. The Morgan fingerprint density at radius 2 is 1.93 bits per heavy atom. The Morgan fingerprint density at radius 1 is 1.21 bits per heavy atom. The van der Waals surface area contributed by atoms with Crippen molar-refractivity contribution in [2.75, 3.05) is 0 Å². The van der Waals surface area contributed by atoms with Crippen LogP contribution in [0.15, 0.2) is 41.6 Å². The number of rotatable bonds is 1. The molecule has 0 saturated heterocycles. The van der Waals surface area contributed by atoms with Gasteiger partial charge in [0.25, 0.3) is 0 Å². The first-order valence-electron chi connectivity index (χ1n) is 3.76. The summed E-state index contributed by atoms with van der Waals surface area (Å²) in [5.41, 5.74) is 2.06. The minimum absolute atomic E-state index is 0.269. The summed E-state index contributed by atoms with van der Waals surface area (Å²) in [6, 6.07) is 2.89. The van der Waals surface area contributed by atoms with E-state index in [9.17, 15) is 4.79 Å². The molecule has 0 radical (unpaired) electrons. The monoisotopic (exact) mass is 208 g/mol. The van der Waals surface area contributed by atoms with Gasteiger partial charge in [0, 0.05) is 24.0 Å². The van der Waals surface area contributed by atoms with E-state index < -0.39 is 5.97 Å². The predicted molar refractivity (Wildman–Crippen MR) is 53.3 cm³/mol. The Balaban J connectivity index is 0.000000165. The van der Waals surface area contributed by atoms with Crippen molar-refractivity contribution in [2.45, 2.75) is 0 Å². The summed E-state index contributed by atoms with van der Waals surface area (Å²) in [6.45, 7) is 0. The molecule has 0 aliphatic heterocycles. The van der Waals surface area contributed by atoms with E-state index in [1.807, 2.05) is 5.38 Å². The lowest BCUT2D eigenvalue weighted by molar-refractivity contribution is 0.0697. The minimum atomic E-state index is -0.919. The summed E-state index contributed by atoms with van der Waals surface area (Å²) in [7, 11) is 0. The molecule has 2 aromatic rings. The Labute approximate surface area is 84.9 Å². The maximum absolute atomic E-state index is 10.2. The lowest BCUT2D eigenvalue weighted by Gasteiger charge is -1.87. The van der Waals surface area contributed by atoms with Crippen LogP contribution >= 0.6 is 11.3 Å². The fraction of sp³-hybridized carbons (Fsp3) is 0. The molecule has 5 heteroatoms. The molecule has 0 atom stereocenters. The smallest absolute Gasteiger partial charge is 0.335 e. The van der Waals surface area contributed by atoms with Crippen LogP contribution in [0.3, 0.4) is 0 Å². The number of aromatic carboxylic acids is 1. The van der Waals surface area contributed by atoms with Crippen LogP contribution in [-0.2, 0) is 0 Å². The third kappa shape index (κ3) is 3.77. The molecule has 14 heavy (non-hydrogen) atoms. The number of thiazole rings is 1. The van der Waals surface area contributed by atoms with E-state index in [4.69, 9.17) is 5.11 Å². The standard InChI is InChI=1S/C6H5NO2.C3H3NS/c8-6(9)5-1-3-7-4-2-5;1-2-5-3-4-1/h1-4H,(H,8,9);1-3H. The van der Waals surface area contributed by atoms with Crippen molar-refractivity contribution in [3.05, 3.63) is 47.2 Å². The molecule has 0 unspecified atom stereocenters. The van der Waals surface area contributed by atoms with Gasteiger partial charge in [-0.05, 0) is 12.1 Å². The first kappa shape index (κ1) is 10.3. The second-order valence-corrected chi connectivity index (χ2v) is 2.97. The lowest BCUT2D eigenvalue weighted by Crippen LogP contribution is -1.94. The number of carboxylic acids is 1. The van der Waals surface area contributed by atoms with Crippen molar-refractivity contribution in [3.8, 4) is 0 Å². The van der Waals surface area contributed by atoms with E-state index in [1.165, 1.54) is 24.5 Å². The van der Waals surface area contributed by atoms with Crippen LogP contribution < -0.4 is 0 Å².